The molecule has 0 fully saturated rings. The smallest absolute Gasteiger partial charge is 0.162 e. The molecule has 1 atom stereocenters. The molecule has 0 amide bonds. The monoisotopic (exact) mass is 186 g/mol. The highest BCUT2D eigenvalue weighted by Gasteiger charge is 2.14. The molecular formula is C9H8F2O2. The lowest BCUT2D eigenvalue weighted by atomic mass is 10.1. The van der Waals surface area contributed by atoms with Gasteiger partial charge in [0.05, 0.1) is 0 Å². The number of hydrogen-bond acceptors (Lipinski definition) is 2. The minimum atomic E-state index is -1.45. The van der Waals surface area contributed by atoms with Crippen molar-refractivity contribution in [2.75, 3.05) is 0 Å². The van der Waals surface area contributed by atoms with Crippen molar-refractivity contribution in [1.82, 2.24) is 0 Å². The Labute approximate surface area is 73.8 Å². The third-order valence-corrected chi connectivity index (χ3v) is 1.59. The van der Waals surface area contributed by atoms with Gasteiger partial charge in [-0.3, -0.25) is 4.79 Å². The Morgan fingerprint density at radius 1 is 1.31 bits per heavy atom. The van der Waals surface area contributed by atoms with E-state index in [0.717, 1.165) is 19.1 Å². The number of carbonyl (C=O) groups excluding carboxylic acids is 1. The van der Waals surface area contributed by atoms with Gasteiger partial charge in [0.1, 0.15) is 17.7 Å². The molecule has 4 heteroatoms. The molecule has 0 aliphatic rings. The summed E-state index contributed by atoms with van der Waals surface area (Å²) in [6, 6.07) is 2.53. The fraction of sp³-hybridized carbons (Fsp3) is 0.222. The van der Waals surface area contributed by atoms with Crippen LogP contribution in [0.15, 0.2) is 18.2 Å². The van der Waals surface area contributed by atoms with E-state index in [1.54, 1.807) is 0 Å². The van der Waals surface area contributed by atoms with E-state index < -0.39 is 23.5 Å². The second kappa shape index (κ2) is 3.62. The number of rotatable bonds is 2. The molecule has 0 saturated carbocycles. The Hall–Kier alpha value is -1.29. The van der Waals surface area contributed by atoms with Crippen molar-refractivity contribution in [3.05, 3.63) is 35.4 Å². The molecule has 13 heavy (non-hydrogen) atoms. The van der Waals surface area contributed by atoms with E-state index in [4.69, 9.17) is 5.11 Å². The first-order chi connectivity index (χ1) is 6.00. The van der Waals surface area contributed by atoms with Crippen LogP contribution in [0.4, 0.5) is 8.78 Å². The first kappa shape index (κ1) is 9.80. The number of benzene rings is 1. The number of ketones is 1. The van der Waals surface area contributed by atoms with E-state index in [0.29, 0.717) is 6.07 Å². The summed E-state index contributed by atoms with van der Waals surface area (Å²) in [6.45, 7) is 1.15. The summed E-state index contributed by atoms with van der Waals surface area (Å²) in [5, 5.41) is 9.16. The van der Waals surface area contributed by atoms with Gasteiger partial charge in [0.15, 0.2) is 5.78 Å². The summed E-state index contributed by atoms with van der Waals surface area (Å²) < 4.78 is 25.2. The van der Waals surface area contributed by atoms with Crippen molar-refractivity contribution >= 4 is 5.78 Å². The molecule has 0 radical (unpaired) electrons. The van der Waals surface area contributed by atoms with Crippen molar-refractivity contribution < 1.29 is 18.7 Å². The van der Waals surface area contributed by atoms with Crippen LogP contribution in [0.1, 0.15) is 18.6 Å². The van der Waals surface area contributed by atoms with E-state index in [1.807, 2.05) is 0 Å². The lowest BCUT2D eigenvalue weighted by Crippen LogP contribution is -2.08. The van der Waals surface area contributed by atoms with Gasteiger partial charge in [-0.1, -0.05) is 0 Å². The zero-order valence-corrected chi connectivity index (χ0v) is 6.92. The van der Waals surface area contributed by atoms with Crippen molar-refractivity contribution in [2.45, 2.75) is 13.0 Å². The Balaban J connectivity index is 3.07. The Bertz CT molecular complexity index is 316. The Morgan fingerprint density at radius 3 is 2.15 bits per heavy atom. The van der Waals surface area contributed by atoms with Crippen LogP contribution < -0.4 is 0 Å². The van der Waals surface area contributed by atoms with E-state index in [-0.39, 0.29) is 5.56 Å². The standard InChI is InChI=1S/C9H8F2O2/c1-5(12)9(13)6-2-7(10)4-8(11)3-6/h2-4,9,13H,1H3. The van der Waals surface area contributed by atoms with Gasteiger partial charge in [-0.2, -0.15) is 0 Å². The number of Topliss-reactive ketones (excluding diaryl/α,β-unsaturated/α-hetero) is 1. The molecule has 0 aromatic heterocycles. The summed E-state index contributed by atoms with van der Waals surface area (Å²) in [6.07, 6.45) is -1.45. The van der Waals surface area contributed by atoms with Crippen LogP contribution in [-0.2, 0) is 4.79 Å². The first-order valence-corrected chi connectivity index (χ1v) is 3.65. The molecule has 1 unspecified atom stereocenters. The fourth-order valence-corrected chi connectivity index (χ4v) is 0.968. The minimum absolute atomic E-state index is 0.0648. The largest absolute Gasteiger partial charge is 0.381 e. The molecule has 0 bridgehead atoms. The maximum absolute atomic E-state index is 12.6. The van der Waals surface area contributed by atoms with Gasteiger partial charge < -0.3 is 5.11 Å². The van der Waals surface area contributed by atoms with Gasteiger partial charge in [0, 0.05) is 6.07 Å². The van der Waals surface area contributed by atoms with Gasteiger partial charge >= 0.3 is 0 Å². The number of aliphatic hydroxyl groups is 1. The fourth-order valence-electron chi connectivity index (χ4n) is 0.968. The maximum Gasteiger partial charge on any atom is 0.162 e. The Morgan fingerprint density at radius 2 is 1.77 bits per heavy atom. The lowest BCUT2D eigenvalue weighted by Gasteiger charge is -2.06. The van der Waals surface area contributed by atoms with Crippen molar-refractivity contribution in [2.24, 2.45) is 0 Å². The minimum Gasteiger partial charge on any atom is -0.381 e. The van der Waals surface area contributed by atoms with Gasteiger partial charge in [-0.15, -0.1) is 0 Å². The van der Waals surface area contributed by atoms with Crippen molar-refractivity contribution in [1.29, 1.82) is 0 Å². The highest BCUT2D eigenvalue weighted by Crippen LogP contribution is 2.16. The average molecular weight is 186 g/mol. The van der Waals surface area contributed by atoms with Crippen LogP contribution in [0, 0.1) is 11.6 Å². The quantitative estimate of drug-likeness (QED) is 0.761. The van der Waals surface area contributed by atoms with E-state index in [1.165, 1.54) is 0 Å². The molecule has 0 saturated heterocycles. The second-order valence-corrected chi connectivity index (χ2v) is 2.72. The number of halogens is 2. The molecule has 0 aliphatic heterocycles. The van der Waals surface area contributed by atoms with E-state index in [9.17, 15) is 13.6 Å². The van der Waals surface area contributed by atoms with Gasteiger partial charge in [-0.05, 0) is 24.6 Å². The predicted molar refractivity (Wildman–Crippen MR) is 42.0 cm³/mol. The third-order valence-electron chi connectivity index (χ3n) is 1.59. The van der Waals surface area contributed by atoms with Crippen LogP contribution in [-0.4, -0.2) is 10.9 Å². The number of hydrogen-bond donors (Lipinski definition) is 1. The maximum atomic E-state index is 12.6. The van der Waals surface area contributed by atoms with Crippen LogP contribution in [0.2, 0.25) is 0 Å². The zero-order valence-electron chi connectivity index (χ0n) is 6.92. The Kier molecular flexibility index (Phi) is 2.72. The van der Waals surface area contributed by atoms with Crippen LogP contribution in [0.3, 0.4) is 0 Å². The topological polar surface area (TPSA) is 37.3 Å². The third kappa shape index (κ3) is 2.32. The van der Waals surface area contributed by atoms with Gasteiger partial charge in [-0.25, -0.2) is 8.78 Å². The average Bonchev–Trinajstić information content (AvgIpc) is 2.01. The zero-order chi connectivity index (χ0) is 10.0. The van der Waals surface area contributed by atoms with Gasteiger partial charge in [0.2, 0.25) is 0 Å². The van der Waals surface area contributed by atoms with Crippen LogP contribution in [0.25, 0.3) is 0 Å². The second-order valence-electron chi connectivity index (χ2n) is 2.72. The summed E-state index contributed by atoms with van der Waals surface area (Å²) in [5.41, 5.74) is -0.0648. The summed E-state index contributed by atoms with van der Waals surface area (Å²) in [7, 11) is 0. The normalized spacial score (nSPS) is 12.6. The summed E-state index contributed by atoms with van der Waals surface area (Å²) in [5.74, 6) is -2.17. The number of aliphatic hydroxyl groups excluding tert-OH is 1. The highest BCUT2D eigenvalue weighted by molar-refractivity contribution is 5.81. The van der Waals surface area contributed by atoms with Gasteiger partial charge in [0.25, 0.3) is 0 Å². The predicted octanol–water partition coefficient (Wildman–Crippen LogP) is 1.59. The lowest BCUT2D eigenvalue weighted by molar-refractivity contribution is -0.125. The highest BCUT2D eigenvalue weighted by atomic mass is 19.1. The molecule has 0 aliphatic carbocycles. The molecular weight excluding hydrogens is 178 g/mol. The first-order valence-electron chi connectivity index (χ1n) is 3.65. The molecule has 1 aromatic carbocycles. The molecule has 0 spiro atoms. The summed E-state index contributed by atoms with van der Waals surface area (Å²) in [4.78, 5) is 10.7. The van der Waals surface area contributed by atoms with E-state index in [2.05, 4.69) is 0 Å². The molecule has 1 N–H and O–H groups in total. The molecule has 2 nitrogen and oxygen atoms in total. The molecule has 70 valence electrons. The van der Waals surface area contributed by atoms with Crippen molar-refractivity contribution in [3.8, 4) is 0 Å². The molecule has 1 rings (SSSR count). The van der Waals surface area contributed by atoms with Crippen molar-refractivity contribution in [3.63, 3.8) is 0 Å². The number of carbonyl (C=O) groups is 1. The molecule has 0 heterocycles. The molecule has 1 aromatic rings. The van der Waals surface area contributed by atoms with E-state index >= 15 is 0 Å². The SMILES string of the molecule is CC(=O)C(O)c1cc(F)cc(F)c1. The van der Waals surface area contributed by atoms with Crippen LogP contribution in [0.5, 0.6) is 0 Å². The summed E-state index contributed by atoms with van der Waals surface area (Å²) >= 11 is 0. The van der Waals surface area contributed by atoms with Crippen LogP contribution >= 0.6 is 0 Å².